The van der Waals surface area contributed by atoms with Gasteiger partial charge in [0.15, 0.2) is 5.82 Å². The fourth-order valence-electron chi connectivity index (χ4n) is 2.44. The van der Waals surface area contributed by atoms with Gasteiger partial charge in [-0.15, -0.1) is 0 Å². The highest BCUT2D eigenvalue weighted by atomic mass is 16.5. The lowest BCUT2D eigenvalue weighted by atomic mass is 10.2. The van der Waals surface area contributed by atoms with Crippen LogP contribution in [-0.4, -0.2) is 50.4 Å². The van der Waals surface area contributed by atoms with Crippen molar-refractivity contribution in [1.82, 2.24) is 24.8 Å². The molecule has 0 bridgehead atoms. The summed E-state index contributed by atoms with van der Waals surface area (Å²) in [5, 5.41) is 0. The van der Waals surface area contributed by atoms with Crippen LogP contribution in [0.4, 0.5) is 0 Å². The summed E-state index contributed by atoms with van der Waals surface area (Å²) in [6.45, 7) is 5.20. The number of hydrogen-bond donors (Lipinski definition) is 0. The minimum atomic E-state index is -0.319. The molecule has 1 aliphatic rings. The van der Waals surface area contributed by atoms with Gasteiger partial charge in [-0.2, -0.15) is 0 Å². The molecule has 1 fully saturated rings. The van der Waals surface area contributed by atoms with Crippen LogP contribution in [0, 0.1) is 13.8 Å². The highest BCUT2D eigenvalue weighted by molar-refractivity contribution is 5.90. The number of ether oxygens (including phenoxy) is 1. The fourth-order valence-corrected chi connectivity index (χ4v) is 2.44. The van der Waals surface area contributed by atoms with E-state index in [9.17, 15) is 4.79 Å². The zero-order valence-electron chi connectivity index (χ0n) is 12.6. The summed E-state index contributed by atoms with van der Waals surface area (Å²) in [6, 6.07) is 3.59. The van der Waals surface area contributed by atoms with Gasteiger partial charge in [0.25, 0.3) is 5.91 Å². The Morgan fingerprint density at radius 3 is 2.59 bits per heavy atom. The Morgan fingerprint density at radius 1 is 1.23 bits per heavy atom. The lowest BCUT2D eigenvalue weighted by molar-refractivity contribution is -0.0273. The zero-order chi connectivity index (χ0) is 15.5. The van der Waals surface area contributed by atoms with E-state index in [1.807, 2.05) is 19.9 Å². The van der Waals surface area contributed by atoms with E-state index in [0.717, 1.165) is 11.4 Å². The fraction of sp³-hybridized carbons (Fsp3) is 0.400. The third-order valence-electron chi connectivity index (χ3n) is 3.40. The molecule has 0 unspecified atom stereocenters. The van der Waals surface area contributed by atoms with Crippen LogP contribution >= 0.6 is 0 Å². The third kappa shape index (κ3) is 3.09. The van der Waals surface area contributed by atoms with Gasteiger partial charge < -0.3 is 9.64 Å². The molecular formula is C15H17N5O2. The van der Waals surface area contributed by atoms with Crippen molar-refractivity contribution in [2.24, 2.45) is 0 Å². The molecule has 1 aliphatic heterocycles. The van der Waals surface area contributed by atoms with E-state index in [1.165, 1.54) is 0 Å². The molecule has 22 heavy (non-hydrogen) atoms. The van der Waals surface area contributed by atoms with Gasteiger partial charge in [0.2, 0.25) is 5.82 Å². The summed E-state index contributed by atoms with van der Waals surface area (Å²) in [6.07, 6.45) is 2.80. The number of aromatic nitrogens is 4. The number of carbonyl (C=O) groups excluding carboxylic acids is 1. The number of aryl methyl sites for hydroxylation is 2. The van der Waals surface area contributed by atoms with Crippen molar-refractivity contribution in [2.75, 3.05) is 19.7 Å². The van der Waals surface area contributed by atoms with Gasteiger partial charge in [-0.25, -0.2) is 19.9 Å². The summed E-state index contributed by atoms with van der Waals surface area (Å²) in [5.74, 6) is 0.617. The largest absolute Gasteiger partial charge is 0.367 e. The van der Waals surface area contributed by atoms with Crippen LogP contribution in [0.1, 0.15) is 33.9 Å². The molecule has 2 aromatic rings. The molecule has 0 aliphatic carbocycles. The van der Waals surface area contributed by atoms with Crippen LogP contribution in [-0.2, 0) is 4.74 Å². The average Bonchev–Trinajstić information content (AvgIpc) is 2.54. The average molecular weight is 299 g/mol. The Bertz CT molecular complexity index is 657. The second kappa shape index (κ2) is 6.15. The maximum atomic E-state index is 12.4. The molecule has 1 atom stereocenters. The monoisotopic (exact) mass is 299 g/mol. The number of rotatable bonds is 2. The first-order valence-electron chi connectivity index (χ1n) is 7.13. The summed E-state index contributed by atoms with van der Waals surface area (Å²) in [5.41, 5.74) is 1.78. The number of nitrogens with zero attached hydrogens (tertiary/aromatic N) is 5. The molecule has 0 aromatic carbocycles. The van der Waals surface area contributed by atoms with Gasteiger partial charge >= 0.3 is 0 Å². The smallest absolute Gasteiger partial charge is 0.291 e. The van der Waals surface area contributed by atoms with Crippen molar-refractivity contribution in [3.8, 4) is 0 Å². The van der Waals surface area contributed by atoms with Gasteiger partial charge in [0.1, 0.15) is 6.10 Å². The van der Waals surface area contributed by atoms with Crippen LogP contribution < -0.4 is 0 Å². The van der Waals surface area contributed by atoms with Gasteiger partial charge in [-0.1, -0.05) is 0 Å². The van der Waals surface area contributed by atoms with Crippen molar-refractivity contribution >= 4 is 5.91 Å². The molecule has 0 N–H and O–H groups in total. The van der Waals surface area contributed by atoms with Crippen molar-refractivity contribution in [2.45, 2.75) is 20.0 Å². The maximum Gasteiger partial charge on any atom is 0.291 e. The summed E-state index contributed by atoms with van der Waals surface area (Å²) >= 11 is 0. The topological polar surface area (TPSA) is 81.1 Å². The molecule has 0 radical (unpaired) electrons. The first kappa shape index (κ1) is 14.5. The molecule has 3 rings (SSSR count). The number of amides is 1. The Labute approximate surface area is 128 Å². The summed E-state index contributed by atoms with van der Waals surface area (Å²) in [7, 11) is 0. The van der Waals surface area contributed by atoms with E-state index in [-0.39, 0.29) is 17.8 Å². The molecule has 7 heteroatoms. The summed E-state index contributed by atoms with van der Waals surface area (Å²) < 4.78 is 5.73. The quantitative estimate of drug-likeness (QED) is 0.826. The Balaban J connectivity index is 1.78. The minimum Gasteiger partial charge on any atom is -0.367 e. The highest BCUT2D eigenvalue weighted by Gasteiger charge is 2.29. The van der Waals surface area contributed by atoms with Gasteiger partial charge in [-0.3, -0.25) is 4.79 Å². The van der Waals surface area contributed by atoms with Crippen molar-refractivity contribution < 1.29 is 9.53 Å². The van der Waals surface area contributed by atoms with Crippen molar-refractivity contribution in [3.63, 3.8) is 0 Å². The predicted molar refractivity (Wildman–Crippen MR) is 78.1 cm³/mol. The van der Waals surface area contributed by atoms with Crippen LogP contribution in [0.3, 0.4) is 0 Å². The summed E-state index contributed by atoms with van der Waals surface area (Å²) in [4.78, 5) is 30.9. The lowest BCUT2D eigenvalue weighted by Gasteiger charge is -2.31. The third-order valence-corrected chi connectivity index (χ3v) is 3.40. The van der Waals surface area contributed by atoms with Crippen molar-refractivity contribution in [3.05, 3.63) is 47.6 Å². The van der Waals surface area contributed by atoms with Crippen molar-refractivity contribution in [1.29, 1.82) is 0 Å². The van der Waals surface area contributed by atoms with E-state index in [1.54, 1.807) is 23.4 Å². The van der Waals surface area contributed by atoms with Gasteiger partial charge in [0, 0.05) is 30.3 Å². The van der Waals surface area contributed by atoms with E-state index in [2.05, 4.69) is 19.9 Å². The SMILES string of the molecule is Cc1cc(C)nc([C@@H]2CN(C(=O)c3ncccn3)CCO2)n1. The minimum absolute atomic E-state index is 0.196. The van der Waals surface area contributed by atoms with Gasteiger partial charge in [0.05, 0.1) is 13.2 Å². The molecule has 1 saturated heterocycles. The lowest BCUT2D eigenvalue weighted by Crippen LogP contribution is -2.43. The Hall–Kier alpha value is -2.41. The standard InChI is InChI=1S/C15H17N5O2/c1-10-8-11(2)19-13(18-10)12-9-20(6-7-22-12)15(21)14-16-4-3-5-17-14/h3-5,8,12H,6-7,9H2,1-2H3/t12-/m0/s1. The molecule has 0 spiro atoms. The molecule has 0 saturated carbocycles. The highest BCUT2D eigenvalue weighted by Crippen LogP contribution is 2.20. The second-order valence-corrected chi connectivity index (χ2v) is 5.19. The number of morpholine rings is 1. The van der Waals surface area contributed by atoms with Crippen LogP contribution in [0.15, 0.2) is 24.5 Å². The first-order valence-corrected chi connectivity index (χ1v) is 7.13. The van der Waals surface area contributed by atoms with Crippen LogP contribution in [0.25, 0.3) is 0 Å². The Kier molecular flexibility index (Phi) is 4.06. The predicted octanol–water partition coefficient (Wildman–Crippen LogP) is 1.10. The van der Waals surface area contributed by atoms with Crippen LogP contribution in [0.2, 0.25) is 0 Å². The van der Waals surface area contributed by atoms with E-state index >= 15 is 0 Å². The molecule has 3 heterocycles. The normalized spacial score (nSPS) is 18.3. The molecule has 2 aromatic heterocycles. The Morgan fingerprint density at radius 2 is 1.91 bits per heavy atom. The van der Waals surface area contributed by atoms with E-state index < -0.39 is 0 Å². The van der Waals surface area contributed by atoms with E-state index in [0.29, 0.717) is 25.5 Å². The van der Waals surface area contributed by atoms with Gasteiger partial charge in [-0.05, 0) is 26.0 Å². The zero-order valence-corrected chi connectivity index (χ0v) is 12.6. The molecule has 7 nitrogen and oxygen atoms in total. The van der Waals surface area contributed by atoms with Crippen LogP contribution in [0.5, 0.6) is 0 Å². The molecular weight excluding hydrogens is 282 g/mol. The second-order valence-electron chi connectivity index (χ2n) is 5.19. The molecule has 114 valence electrons. The molecule has 1 amide bonds. The maximum absolute atomic E-state index is 12.4. The number of carbonyl (C=O) groups is 1. The van der Waals surface area contributed by atoms with E-state index in [4.69, 9.17) is 4.74 Å². The first-order chi connectivity index (χ1) is 10.6. The number of hydrogen-bond acceptors (Lipinski definition) is 6.